The molecule has 28 heavy (non-hydrogen) atoms. The molecule has 2 aromatic rings. The largest absolute Gasteiger partial charge is 1.00 e. The van der Waals surface area contributed by atoms with E-state index < -0.39 is 11.8 Å². The molecule has 144 valence electrons. The van der Waals surface area contributed by atoms with Crippen molar-refractivity contribution in [3.8, 4) is 11.5 Å². The molecule has 0 atom stereocenters. The van der Waals surface area contributed by atoms with Gasteiger partial charge in [0.15, 0.2) is 5.78 Å². The zero-order valence-electron chi connectivity index (χ0n) is 16.6. The number of carbonyl (C=O) groups is 2. The SMILES string of the molecule is CCCCCCCCOc1ccc(C(=O)c2ccccc2C(=O)[O-])c(O)c1.[Na+]. The average Bonchev–Trinajstić information content (AvgIpc) is 2.67. The third kappa shape index (κ3) is 6.97. The summed E-state index contributed by atoms with van der Waals surface area (Å²) in [5, 5.41) is 21.4. The number of phenols is 1. The molecule has 0 radical (unpaired) electrons. The van der Waals surface area contributed by atoms with Crippen LogP contribution in [0.2, 0.25) is 0 Å². The summed E-state index contributed by atoms with van der Waals surface area (Å²) in [7, 11) is 0. The molecule has 0 aliphatic rings. The van der Waals surface area contributed by atoms with Gasteiger partial charge in [-0.2, -0.15) is 0 Å². The molecule has 0 saturated carbocycles. The molecular formula is C22H25NaO5. The van der Waals surface area contributed by atoms with E-state index in [1.54, 1.807) is 12.1 Å². The Balaban J connectivity index is 0.00000392. The number of ether oxygens (including phenoxy) is 1. The molecule has 0 fully saturated rings. The number of aromatic hydroxyl groups is 1. The first-order chi connectivity index (χ1) is 13.0. The maximum Gasteiger partial charge on any atom is 1.00 e. The van der Waals surface area contributed by atoms with E-state index in [9.17, 15) is 19.8 Å². The summed E-state index contributed by atoms with van der Waals surface area (Å²) in [4.78, 5) is 23.8. The van der Waals surface area contributed by atoms with Gasteiger partial charge in [-0.05, 0) is 18.6 Å². The topological polar surface area (TPSA) is 86.7 Å². The van der Waals surface area contributed by atoms with Crippen molar-refractivity contribution >= 4 is 11.8 Å². The Kier molecular flexibility index (Phi) is 10.9. The molecule has 0 aliphatic carbocycles. The maximum absolute atomic E-state index is 12.6. The van der Waals surface area contributed by atoms with Gasteiger partial charge in [-0.15, -0.1) is 0 Å². The number of carboxylic acid groups (broad SMARTS) is 1. The molecule has 2 aromatic carbocycles. The van der Waals surface area contributed by atoms with E-state index in [1.165, 1.54) is 56.0 Å². The van der Waals surface area contributed by atoms with E-state index in [4.69, 9.17) is 4.74 Å². The van der Waals surface area contributed by atoms with Crippen molar-refractivity contribution in [2.45, 2.75) is 45.4 Å². The van der Waals surface area contributed by atoms with Gasteiger partial charge >= 0.3 is 29.6 Å². The number of hydrogen-bond donors (Lipinski definition) is 1. The van der Waals surface area contributed by atoms with Crippen LogP contribution in [-0.2, 0) is 0 Å². The normalized spacial score (nSPS) is 10.2. The zero-order chi connectivity index (χ0) is 19.6. The first kappa shape index (κ1) is 24.2. The van der Waals surface area contributed by atoms with Gasteiger partial charge in [-0.1, -0.05) is 63.3 Å². The monoisotopic (exact) mass is 392 g/mol. The molecule has 0 amide bonds. The second-order valence-corrected chi connectivity index (χ2v) is 6.46. The summed E-state index contributed by atoms with van der Waals surface area (Å²) in [6, 6.07) is 10.2. The minimum absolute atomic E-state index is 0. The number of benzene rings is 2. The van der Waals surface area contributed by atoms with Gasteiger partial charge in [0.2, 0.25) is 0 Å². The molecule has 0 saturated heterocycles. The Morgan fingerprint density at radius 1 is 0.929 bits per heavy atom. The van der Waals surface area contributed by atoms with E-state index in [0.717, 1.165) is 12.8 Å². The molecule has 0 unspecified atom stereocenters. The van der Waals surface area contributed by atoms with Crippen molar-refractivity contribution in [3.05, 3.63) is 59.2 Å². The van der Waals surface area contributed by atoms with Crippen LogP contribution in [0, 0.1) is 0 Å². The zero-order valence-corrected chi connectivity index (χ0v) is 18.6. The Morgan fingerprint density at radius 2 is 1.57 bits per heavy atom. The number of ketones is 1. The third-order valence-corrected chi connectivity index (χ3v) is 4.37. The number of hydrogen-bond acceptors (Lipinski definition) is 5. The van der Waals surface area contributed by atoms with Crippen LogP contribution in [0.5, 0.6) is 11.5 Å². The minimum Gasteiger partial charge on any atom is -0.545 e. The van der Waals surface area contributed by atoms with Crippen molar-refractivity contribution < 1.29 is 54.1 Å². The summed E-state index contributed by atoms with van der Waals surface area (Å²) >= 11 is 0. The Bertz CT molecular complexity index is 788. The molecular weight excluding hydrogens is 367 g/mol. The Morgan fingerprint density at radius 3 is 2.21 bits per heavy atom. The number of carbonyl (C=O) groups excluding carboxylic acids is 2. The average molecular weight is 392 g/mol. The fraction of sp³-hybridized carbons (Fsp3) is 0.364. The summed E-state index contributed by atoms with van der Waals surface area (Å²) < 4.78 is 5.62. The maximum atomic E-state index is 12.6. The molecule has 5 nitrogen and oxygen atoms in total. The van der Waals surface area contributed by atoms with Gasteiger partial charge in [0.1, 0.15) is 11.5 Å². The van der Waals surface area contributed by atoms with Gasteiger partial charge in [0.05, 0.1) is 18.1 Å². The molecule has 1 N–H and O–H groups in total. The smallest absolute Gasteiger partial charge is 0.545 e. The van der Waals surface area contributed by atoms with Crippen molar-refractivity contribution in [3.63, 3.8) is 0 Å². The summed E-state index contributed by atoms with van der Waals surface area (Å²) in [6.45, 7) is 2.73. The molecule has 0 heterocycles. The van der Waals surface area contributed by atoms with Crippen LogP contribution in [0.15, 0.2) is 42.5 Å². The van der Waals surface area contributed by atoms with Crippen LogP contribution in [0.1, 0.15) is 71.7 Å². The number of rotatable bonds is 11. The molecule has 6 heteroatoms. The van der Waals surface area contributed by atoms with Crippen LogP contribution in [0.4, 0.5) is 0 Å². The van der Waals surface area contributed by atoms with Crippen LogP contribution in [-0.4, -0.2) is 23.5 Å². The fourth-order valence-electron chi connectivity index (χ4n) is 2.87. The second kappa shape index (κ2) is 12.6. The van der Waals surface area contributed by atoms with Gasteiger partial charge in [-0.25, -0.2) is 0 Å². The van der Waals surface area contributed by atoms with E-state index in [1.807, 2.05) is 0 Å². The van der Waals surface area contributed by atoms with Crippen molar-refractivity contribution in [1.29, 1.82) is 0 Å². The first-order valence-corrected chi connectivity index (χ1v) is 9.35. The number of unbranched alkanes of at least 4 members (excludes halogenated alkanes) is 5. The van der Waals surface area contributed by atoms with Crippen LogP contribution >= 0.6 is 0 Å². The van der Waals surface area contributed by atoms with Gasteiger partial charge in [-0.3, -0.25) is 4.79 Å². The predicted octanol–water partition coefficient (Wildman–Crippen LogP) is 0.730. The van der Waals surface area contributed by atoms with Gasteiger partial charge < -0.3 is 19.7 Å². The van der Waals surface area contributed by atoms with Crippen LogP contribution in [0.3, 0.4) is 0 Å². The Labute approximate surface area is 188 Å². The fourth-order valence-corrected chi connectivity index (χ4v) is 2.87. The molecule has 0 bridgehead atoms. The summed E-state index contributed by atoms with van der Waals surface area (Å²) in [5.74, 6) is -1.77. The molecule has 0 aromatic heterocycles. The van der Waals surface area contributed by atoms with Crippen molar-refractivity contribution in [2.24, 2.45) is 0 Å². The van der Waals surface area contributed by atoms with Crippen molar-refractivity contribution in [2.75, 3.05) is 6.61 Å². The number of aromatic carboxylic acids is 1. The standard InChI is InChI=1S/C22H26O5.Na/c1-2-3-4-5-6-9-14-27-16-12-13-19(20(23)15-16)21(24)17-10-7-8-11-18(17)22(25)26;/h7-8,10-13,15,23H,2-6,9,14H2,1H3,(H,25,26);/q;+1/p-1. The molecule has 2 rings (SSSR count). The minimum atomic E-state index is -1.43. The van der Waals surface area contributed by atoms with Crippen molar-refractivity contribution in [1.82, 2.24) is 0 Å². The van der Waals surface area contributed by atoms with Gasteiger partial charge in [0, 0.05) is 17.2 Å². The number of carboxylic acids is 1. The summed E-state index contributed by atoms with van der Waals surface area (Å²) in [6.07, 6.45) is 6.93. The van der Waals surface area contributed by atoms with E-state index in [2.05, 4.69) is 6.92 Å². The number of phenolic OH excluding ortho intramolecular Hbond substituents is 1. The van der Waals surface area contributed by atoms with Crippen LogP contribution in [0.25, 0.3) is 0 Å². The van der Waals surface area contributed by atoms with E-state index in [-0.39, 0.29) is 52.0 Å². The molecule has 0 aliphatic heterocycles. The third-order valence-electron chi connectivity index (χ3n) is 4.37. The van der Waals surface area contributed by atoms with E-state index in [0.29, 0.717) is 12.4 Å². The van der Waals surface area contributed by atoms with Crippen LogP contribution < -0.4 is 39.4 Å². The quantitative estimate of drug-likeness (QED) is 0.346. The van der Waals surface area contributed by atoms with E-state index >= 15 is 0 Å². The van der Waals surface area contributed by atoms with Gasteiger partial charge in [0.25, 0.3) is 0 Å². The summed E-state index contributed by atoms with van der Waals surface area (Å²) in [5.41, 5.74) is -0.200. The molecule has 0 spiro atoms. The predicted molar refractivity (Wildman–Crippen MR) is 101 cm³/mol. The Hall–Kier alpha value is -1.82. The first-order valence-electron chi connectivity index (χ1n) is 9.35. The second-order valence-electron chi connectivity index (χ2n) is 6.46.